The molecule has 3 aliphatic rings. The first-order valence-electron chi connectivity index (χ1n) is 32.3. The predicted molar refractivity (Wildman–Crippen MR) is 380 cm³/mol. The van der Waals surface area contributed by atoms with E-state index in [2.05, 4.69) is 102 Å². The molecule has 0 radical (unpaired) electrons. The van der Waals surface area contributed by atoms with Gasteiger partial charge in [-0.25, -0.2) is 34.1 Å². The highest BCUT2D eigenvalue weighted by atomic mass is 35.5. The van der Waals surface area contributed by atoms with Gasteiger partial charge < -0.3 is 46.0 Å². The number of rotatable bonds is 15. The second-order valence-corrected chi connectivity index (χ2v) is 27.9. The van der Waals surface area contributed by atoms with Crippen LogP contribution in [0.15, 0.2) is 129 Å². The van der Waals surface area contributed by atoms with Crippen LogP contribution in [0.2, 0.25) is 5.28 Å². The van der Waals surface area contributed by atoms with E-state index in [-0.39, 0.29) is 16.8 Å². The summed E-state index contributed by atoms with van der Waals surface area (Å²) < 4.78 is 37.1. The molecule has 3 fully saturated rings. The number of aryl methyl sites for hydroxylation is 3. The molecule has 9 aromatic rings. The normalized spacial score (nSPS) is 15.1. The van der Waals surface area contributed by atoms with Gasteiger partial charge >= 0.3 is 0 Å². The third kappa shape index (κ3) is 22.8. The number of nitrogens with zero attached hydrogens (tertiary/aromatic N) is 17. The minimum absolute atomic E-state index is 0.226. The Kier molecular flexibility index (Phi) is 25.8. The monoisotopic (exact) mass is 1370 g/mol. The molecule has 28 heteroatoms. The maximum Gasteiger partial charge on any atom is 0.265 e. The van der Waals surface area contributed by atoms with Crippen LogP contribution in [0.25, 0.3) is 33.8 Å². The number of phenols is 2. The lowest BCUT2D eigenvalue weighted by Gasteiger charge is -2.28. The Balaban J connectivity index is 0.000000168. The second kappa shape index (κ2) is 34.1. The molecule has 98 heavy (non-hydrogen) atoms. The molecule has 26 nitrogen and oxygen atoms in total. The molecule has 0 saturated carbocycles. The van der Waals surface area contributed by atoms with Crippen molar-refractivity contribution < 1.29 is 27.6 Å². The smallest absolute Gasteiger partial charge is 0.265 e. The molecule has 0 spiro atoms. The molecule has 0 bridgehead atoms. The van der Waals surface area contributed by atoms with Gasteiger partial charge in [0.15, 0.2) is 5.60 Å². The molecule has 0 amide bonds. The molecule has 6 aromatic heterocycles. The van der Waals surface area contributed by atoms with E-state index in [1.165, 1.54) is 26.7 Å². The molecule has 9 heterocycles. The van der Waals surface area contributed by atoms with Crippen molar-refractivity contribution in [1.82, 2.24) is 73.9 Å². The van der Waals surface area contributed by atoms with Crippen LogP contribution in [0.4, 0.5) is 29.0 Å². The lowest BCUT2D eigenvalue weighted by atomic mass is 9.98. The lowest BCUT2D eigenvalue weighted by Crippen LogP contribution is -2.31. The summed E-state index contributed by atoms with van der Waals surface area (Å²) in [5.41, 5.74) is 14.6. The number of nitrogens with two attached hydrogens (primary N) is 1. The Hall–Kier alpha value is -9.61. The summed E-state index contributed by atoms with van der Waals surface area (Å²) in [6.45, 7) is 19.4. The van der Waals surface area contributed by atoms with Gasteiger partial charge in [-0.05, 0) is 248 Å². The van der Waals surface area contributed by atoms with Crippen LogP contribution in [-0.2, 0) is 14.3 Å². The van der Waals surface area contributed by atoms with Crippen molar-refractivity contribution in [2.24, 2.45) is 5.41 Å². The fourth-order valence-corrected chi connectivity index (χ4v) is 11.7. The van der Waals surface area contributed by atoms with Crippen LogP contribution in [0.1, 0.15) is 101 Å². The highest BCUT2D eigenvalue weighted by Gasteiger charge is 2.25. The average molecular weight is 1370 g/mol. The zero-order chi connectivity index (χ0) is 70.7. The summed E-state index contributed by atoms with van der Waals surface area (Å²) in [5.74, 6) is 2.27. The lowest BCUT2D eigenvalue weighted by molar-refractivity contribution is 0.180. The summed E-state index contributed by atoms with van der Waals surface area (Å²) in [5, 5.41) is 56.2. The van der Waals surface area contributed by atoms with Crippen LogP contribution in [-0.4, -0.2) is 171 Å². The third-order valence-corrected chi connectivity index (χ3v) is 17.3. The van der Waals surface area contributed by atoms with Crippen molar-refractivity contribution in [1.29, 1.82) is 10.5 Å². The number of piperidine rings is 3. The predicted octanol–water partition coefficient (Wildman–Crippen LogP) is 11.8. The minimum atomic E-state index is -3.52. The molecule has 3 aliphatic heterocycles. The fraction of sp³-hybridized carbons (Fsp3) is 0.414. The first-order valence-corrected chi connectivity index (χ1v) is 34.5. The van der Waals surface area contributed by atoms with E-state index >= 15 is 0 Å². The van der Waals surface area contributed by atoms with E-state index in [4.69, 9.17) is 42.7 Å². The van der Waals surface area contributed by atoms with Gasteiger partial charge in [-0.1, -0.05) is 0 Å². The number of halogens is 1. The summed E-state index contributed by atoms with van der Waals surface area (Å²) in [4.78, 5) is 33.3. The Bertz CT molecular complexity index is 4220. The minimum Gasteiger partial charge on any atom is -0.508 e. The van der Waals surface area contributed by atoms with Gasteiger partial charge in [0.05, 0.1) is 94.7 Å². The second-order valence-electron chi connectivity index (χ2n) is 26.0. The van der Waals surface area contributed by atoms with Gasteiger partial charge in [0.25, 0.3) is 10.1 Å². The zero-order valence-electron chi connectivity index (χ0n) is 57.5. The maximum atomic E-state index is 10.4. The standard InChI is InChI=1S/C25H31N7O.C20H24N6O.C11H9ClN2O.C9H16N4.C5H9NO3S/c1-18-13-27-24(29-20-14-28-32(15-20)21-9-11-31(4)12-10-21)30-23(18)19-5-7-22(8-6-19)33-17-25(2,3)16-26;1-14-11-21-20(24-19(14)15-3-5-18(27)6-4-15)23-16-12-22-26(13-16)17-7-9-25(2)10-8-17;1-7-6-13-11(12)14-10(7)8-2-4-9(15)5-3-8;1-12-4-2-9(3-5-12)13-7-8(10)6-11-13;1-5(2,4-6)9-10(3,7)8/h5-8,13-15,21H,9-12,17H2,1-4H3,(H,27,29,30);3-6,11-13,17,27H,7-10H2,1-2H3,(H,21,23,24);2-6,15H,1H3;6-7,9H,2-5,10H2,1H3;1-3H3. The van der Waals surface area contributed by atoms with Crippen LogP contribution in [0.5, 0.6) is 17.2 Å². The van der Waals surface area contributed by atoms with Gasteiger partial charge in [0, 0.05) is 53.9 Å². The van der Waals surface area contributed by atoms with Crippen molar-refractivity contribution in [2.75, 3.05) is 89.6 Å². The molecule has 518 valence electrons. The summed E-state index contributed by atoms with van der Waals surface area (Å²) in [6, 6.07) is 27.0. The number of anilines is 5. The van der Waals surface area contributed by atoms with E-state index in [0.717, 1.165) is 144 Å². The number of likely N-dealkylation sites (tertiary alicyclic amines) is 3. The van der Waals surface area contributed by atoms with Crippen LogP contribution in [0, 0.1) is 48.8 Å². The quantitative estimate of drug-likeness (QED) is 0.0470. The molecule has 12 rings (SSSR count). The van der Waals surface area contributed by atoms with Gasteiger partial charge in [-0.2, -0.15) is 34.2 Å². The van der Waals surface area contributed by atoms with Crippen LogP contribution >= 0.6 is 11.6 Å². The van der Waals surface area contributed by atoms with E-state index in [0.29, 0.717) is 36.6 Å². The molecule has 0 atom stereocenters. The molecular weight excluding hydrogens is 1280 g/mol. The first-order chi connectivity index (χ1) is 46.6. The Morgan fingerprint density at radius 3 is 1.29 bits per heavy atom. The van der Waals surface area contributed by atoms with Crippen LogP contribution in [0.3, 0.4) is 0 Å². The Labute approximate surface area is 579 Å². The van der Waals surface area contributed by atoms with E-state index in [1.54, 1.807) is 61.1 Å². The Morgan fingerprint density at radius 2 is 0.929 bits per heavy atom. The van der Waals surface area contributed by atoms with Crippen molar-refractivity contribution in [3.63, 3.8) is 0 Å². The Morgan fingerprint density at radius 1 is 0.561 bits per heavy atom. The SMILES string of the molecule is CC(C)(C#N)OS(C)(=O)=O.CN1CCC(n2cc(N)cn2)CC1.Cc1cnc(Cl)nc1-c1ccc(O)cc1.Cc1cnc(Nc2cnn(C3CCN(C)CC3)c2)nc1-c1ccc(O)cc1.Cc1cnc(Nc2cnn(C3CCN(C)CC3)c2)nc1-c1ccc(OCC(C)(C)C#N)cc1. The maximum absolute atomic E-state index is 10.4. The number of nitrogen functional groups attached to an aromatic ring is 1. The number of ether oxygens (including phenoxy) is 1. The van der Waals surface area contributed by atoms with Gasteiger partial charge in [0.2, 0.25) is 17.2 Å². The fourth-order valence-electron chi connectivity index (χ4n) is 10.7. The van der Waals surface area contributed by atoms with E-state index < -0.39 is 21.1 Å². The topological polar surface area (TPSA) is 331 Å². The third-order valence-electron chi connectivity index (χ3n) is 16.3. The molecule has 3 saturated heterocycles. The number of nitriles is 2. The zero-order valence-corrected chi connectivity index (χ0v) is 59.1. The summed E-state index contributed by atoms with van der Waals surface area (Å²) in [6.07, 6.45) is 24.4. The molecule has 0 unspecified atom stereocenters. The number of benzene rings is 3. The van der Waals surface area contributed by atoms with Gasteiger partial charge in [-0.3, -0.25) is 14.0 Å². The number of phenolic OH excluding ortho intramolecular Hbond substituents is 2. The van der Waals surface area contributed by atoms with Crippen molar-refractivity contribution in [2.45, 2.75) is 111 Å². The number of nitrogens with one attached hydrogen (secondary N) is 2. The highest BCUT2D eigenvalue weighted by molar-refractivity contribution is 7.86. The van der Waals surface area contributed by atoms with Gasteiger partial charge in [-0.15, -0.1) is 0 Å². The summed E-state index contributed by atoms with van der Waals surface area (Å²) in [7, 11) is 2.96. The highest BCUT2D eigenvalue weighted by Crippen LogP contribution is 2.31. The van der Waals surface area contributed by atoms with Gasteiger partial charge in [0.1, 0.15) is 23.9 Å². The number of aromatic nitrogens is 12. The number of hydrogen-bond acceptors (Lipinski definition) is 23. The largest absolute Gasteiger partial charge is 0.508 e. The molecule has 6 N–H and O–H groups in total. The van der Waals surface area contributed by atoms with Crippen molar-refractivity contribution in [3.8, 4) is 63.2 Å². The molecule has 0 aliphatic carbocycles. The molecular formula is C70H89ClN20O6S. The van der Waals surface area contributed by atoms with Crippen LogP contribution < -0.4 is 21.1 Å². The average Bonchev–Trinajstić information content (AvgIpc) is 1.49. The number of hydrogen-bond donors (Lipinski definition) is 5. The van der Waals surface area contributed by atoms with Crippen molar-refractivity contribution >= 4 is 50.7 Å². The molecule has 3 aromatic carbocycles. The summed E-state index contributed by atoms with van der Waals surface area (Å²) >= 11 is 5.73. The van der Waals surface area contributed by atoms with E-state index in [1.807, 2.05) is 118 Å². The van der Waals surface area contributed by atoms with E-state index in [9.17, 15) is 13.5 Å². The first kappa shape index (κ1) is 74.2. The number of aromatic hydroxyl groups is 2. The van der Waals surface area contributed by atoms with Crippen molar-refractivity contribution in [3.05, 3.63) is 151 Å².